The van der Waals surface area contributed by atoms with Crippen LogP contribution in [0.1, 0.15) is 35.7 Å². The van der Waals surface area contributed by atoms with E-state index in [0.29, 0.717) is 19.3 Å². The second-order valence-electron chi connectivity index (χ2n) is 4.24. The largest absolute Gasteiger partial charge is 0.478 e. The lowest BCUT2D eigenvalue weighted by atomic mass is 10.1. The zero-order valence-corrected chi connectivity index (χ0v) is 11.4. The zero-order valence-electron chi connectivity index (χ0n) is 11.4. The van der Waals surface area contributed by atoms with Crippen LogP contribution in [0.5, 0.6) is 5.75 Å². The first-order valence-corrected chi connectivity index (χ1v) is 6.22. The van der Waals surface area contributed by atoms with Gasteiger partial charge in [-0.05, 0) is 37.0 Å². The Kier molecular flexibility index (Phi) is 6.12. The van der Waals surface area contributed by atoms with E-state index in [9.17, 15) is 19.7 Å². The molecule has 0 saturated carbocycles. The van der Waals surface area contributed by atoms with Gasteiger partial charge < -0.3 is 14.7 Å². The van der Waals surface area contributed by atoms with Crippen molar-refractivity contribution in [1.82, 2.24) is 0 Å². The Morgan fingerprint density at radius 1 is 1.33 bits per heavy atom. The molecule has 8 heteroatoms. The highest BCUT2D eigenvalue weighted by molar-refractivity contribution is 5.92. The Morgan fingerprint density at radius 2 is 2.05 bits per heavy atom. The molecule has 21 heavy (non-hydrogen) atoms. The number of carbonyl (C=O) groups excluding carboxylic acids is 1. The maximum atomic E-state index is 11.0. The van der Waals surface area contributed by atoms with E-state index in [2.05, 4.69) is 4.84 Å². The van der Waals surface area contributed by atoms with Crippen LogP contribution >= 0.6 is 0 Å². The molecule has 0 aliphatic rings. The molecule has 0 atom stereocenters. The summed E-state index contributed by atoms with van der Waals surface area (Å²) in [6.07, 6.45) is 1.68. The van der Waals surface area contributed by atoms with Crippen molar-refractivity contribution in [3.63, 3.8) is 0 Å². The average molecular weight is 297 g/mol. The van der Waals surface area contributed by atoms with Gasteiger partial charge in [-0.2, -0.15) is 0 Å². The Hall–Kier alpha value is -2.64. The molecule has 0 spiro atoms. The third kappa shape index (κ3) is 5.89. The van der Waals surface area contributed by atoms with Crippen molar-refractivity contribution in [3.05, 3.63) is 39.4 Å². The summed E-state index contributed by atoms with van der Waals surface area (Å²) in [7, 11) is 0. The second kappa shape index (κ2) is 7.83. The number of unbranched alkanes of at least 4 members (excludes halogenated alkanes) is 1. The second-order valence-corrected chi connectivity index (χ2v) is 4.24. The highest BCUT2D eigenvalue weighted by Gasteiger charge is 2.13. The molecule has 0 heterocycles. The molecule has 1 aromatic carbocycles. The van der Waals surface area contributed by atoms with E-state index in [4.69, 9.17) is 9.84 Å². The molecule has 0 fully saturated rings. The molecule has 8 nitrogen and oxygen atoms in total. The van der Waals surface area contributed by atoms with Crippen molar-refractivity contribution >= 4 is 11.9 Å². The summed E-state index contributed by atoms with van der Waals surface area (Å²) in [6.45, 7) is 1.20. The van der Waals surface area contributed by atoms with E-state index in [-0.39, 0.29) is 17.9 Å². The van der Waals surface area contributed by atoms with Gasteiger partial charge in [-0.25, -0.2) is 4.79 Å². The Labute approximate surface area is 120 Å². The Bertz CT molecular complexity index is 541. The van der Waals surface area contributed by atoms with Crippen molar-refractivity contribution in [2.75, 3.05) is 6.61 Å². The number of hydrogen-bond donors (Lipinski definition) is 1. The molecule has 0 aromatic heterocycles. The Balaban J connectivity index is 2.65. The number of carboxylic acid groups (broad SMARTS) is 1. The lowest BCUT2D eigenvalue weighted by Crippen LogP contribution is -2.08. The minimum atomic E-state index is -1.18. The number of benzene rings is 1. The first-order valence-electron chi connectivity index (χ1n) is 6.22. The fourth-order valence-electron chi connectivity index (χ4n) is 1.71. The number of hydrogen-bond acceptors (Lipinski definition) is 6. The number of rotatable bonds is 8. The quantitative estimate of drug-likeness (QED) is 0.256. The molecule has 1 N–H and O–H groups in total. The number of aromatic carboxylic acids is 1. The van der Waals surface area contributed by atoms with Crippen LogP contribution in [0.3, 0.4) is 0 Å². The summed E-state index contributed by atoms with van der Waals surface area (Å²) in [5, 5.41) is 18.1. The topological polar surface area (TPSA) is 116 Å². The molecule has 0 amide bonds. The van der Waals surface area contributed by atoms with Gasteiger partial charge in [0.05, 0.1) is 6.61 Å². The summed E-state index contributed by atoms with van der Waals surface area (Å²) in [5.41, 5.74) is 0.683. The van der Waals surface area contributed by atoms with Gasteiger partial charge in [-0.3, -0.25) is 4.79 Å². The van der Waals surface area contributed by atoms with E-state index in [1.807, 2.05) is 0 Å². The predicted octanol–water partition coefficient (Wildman–Crippen LogP) is 1.84. The minimum Gasteiger partial charge on any atom is -0.478 e. The Morgan fingerprint density at radius 3 is 2.62 bits per heavy atom. The van der Waals surface area contributed by atoms with Crippen LogP contribution in [0, 0.1) is 10.1 Å². The van der Waals surface area contributed by atoms with Crippen molar-refractivity contribution in [2.45, 2.75) is 26.2 Å². The van der Waals surface area contributed by atoms with Crippen molar-refractivity contribution < 1.29 is 29.4 Å². The van der Waals surface area contributed by atoms with Crippen LogP contribution in [0.25, 0.3) is 0 Å². The summed E-state index contributed by atoms with van der Waals surface area (Å²) in [4.78, 5) is 36.1. The molecular weight excluding hydrogens is 282 g/mol. The smallest absolute Gasteiger partial charge is 0.339 e. The van der Waals surface area contributed by atoms with Gasteiger partial charge in [0, 0.05) is 6.92 Å². The van der Waals surface area contributed by atoms with Gasteiger partial charge in [-0.1, -0.05) is 6.07 Å². The monoisotopic (exact) mass is 297 g/mol. The van der Waals surface area contributed by atoms with Gasteiger partial charge in [0.15, 0.2) is 0 Å². The van der Waals surface area contributed by atoms with Crippen LogP contribution in [0.15, 0.2) is 18.2 Å². The minimum absolute atomic E-state index is 0.00552. The van der Waals surface area contributed by atoms with Crippen LogP contribution in [-0.2, 0) is 16.1 Å². The zero-order chi connectivity index (χ0) is 15.8. The molecule has 1 aromatic rings. The third-order valence-electron chi connectivity index (χ3n) is 2.59. The van der Waals surface area contributed by atoms with Crippen LogP contribution in [0.4, 0.5) is 0 Å². The molecule has 0 aliphatic carbocycles. The van der Waals surface area contributed by atoms with Crippen LogP contribution in [-0.4, -0.2) is 28.7 Å². The van der Waals surface area contributed by atoms with E-state index >= 15 is 0 Å². The van der Waals surface area contributed by atoms with E-state index in [0.717, 1.165) is 5.56 Å². The number of nitrogens with zero attached hydrogens (tertiary/aromatic N) is 1. The van der Waals surface area contributed by atoms with Crippen molar-refractivity contribution in [2.24, 2.45) is 0 Å². The molecule has 0 aliphatic heterocycles. The number of ether oxygens (including phenoxy) is 1. The first-order chi connectivity index (χ1) is 9.90. The van der Waals surface area contributed by atoms with E-state index < -0.39 is 17.0 Å². The number of carboxylic acids is 1. The molecule has 0 saturated heterocycles. The van der Waals surface area contributed by atoms with Gasteiger partial charge in [0.2, 0.25) is 0 Å². The predicted molar refractivity (Wildman–Crippen MR) is 70.6 cm³/mol. The summed E-state index contributed by atoms with van der Waals surface area (Å²) in [6, 6.07) is 4.47. The lowest BCUT2D eigenvalue weighted by Gasteiger charge is -2.08. The maximum Gasteiger partial charge on any atom is 0.339 e. The SMILES string of the molecule is CC(=O)Oc1cc(CCCCO[N+](=O)[O-])ccc1C(=O)O. The van der Waals surface area contributed by atoms with Crippen LogP contribution in [0.2, 0.25) is 0 Å². The molecule has 0 unspecified atom stereocenters. The van der Waals surface area contributed by atoms with Gasteiger partial charge in [0.25, 0.3) is 5.09 Å². The average Bonchev–Trinajstić information content (AvgIpc) is 2.37. The number of esters is 1. The molecular formula is C13H15NO7. The standard InChI is InChI=1S/C13H15NO7/c1-9(15)21-12-8-10(5-6-11(12)13(16)17)4-2-3-7-20-14(18)19/h5-6,8H,2-4,7H2,1H3,(H,16,17). The molecule has 0 bridgehead atoms. The van der Waals surface area contributed by atoms with Crippen LogP contribution < -0.4 is 4.74 Å². The van der Waals surface area contributed by atoms with E-state index in [1.54, 1.807) is 6.07 Å². The first kappa shape index (κ1) is 16.4. The highest BCUT2D eigenvalue weighted by Crippen LogP contribution is 2.22. The summed E-state index contributed by atoms with van der Waals surface area (Å²) < 4.78 is 4.87. The highest BCUT2D eigenvalue weighted by atomic mass is 16.9. The van der Waals surface area contributed by atoms with Gasteiger partial charge in [-0.15, -0.1) is 10.1 Å². The third-order valence-corrected chi connectivity index (χ3v) is 2.59. The fraction of sp³-hybridized carbons (Fsp3) is 0.385. The summed E-state index contributed by atoms with van der Waals surface area (Å²) in [5.74, 6) is -1.79. The summed E-state index contributed by atoms with van der Waals surface area (Å²) >= 11 is 0. The number of carbonyl (C=O) groups is 2. The lowest BCUT2D eigenvalue weighted by molar-refractivity contribution is -0.757. The van der Waals surface area contributed by atoms with E-state index in [1.165, 1.54) is 19.1 Å². The van der Waals surface area contributed by atoms with Gasteiger partial charge in [0.1, 0.15) is 11.3 Å². The number of aryl methyl sites for hydroxylation is 1. The van der Waals surface area contributed by atoms with Crippen molar-refractivity contribution in [3.8, 4) is 5.75 Å². The fourth-order valence-corrected chi connectivity index (χ4v) is 1.71. The van der Waals surface area contributed by atoms with Gasteiger partial charge >= 0.3 is 11.9 Å². The molecule has 0 radical (unpaired) electrons. The maximum absolute atomic E-state index is 11.0. The van der Waals surface area contributed by atoms with Crippen molar-refractivity contribution in [1.29, 1.82) is 0 Å². The molecule has 1 rings (SSSR count). The normalized spacial score (nSPS) is 9.95. The molecule has 114 valence electrons.